The van der Waals surface area contributed by atoms with E-state index >= 15 is 0 Å². The first-order chi connectivity index (χ1) is 9.38. The molecule has 0 heterocycles. The number of hydrogen-bond donors (Lipinski definition) is 3. The molecular formula is C13H9Cl3N2O2. The average Bonchev–Trinajstić information content (AvgIpc) is 2.35. The topological polar surface area (TPSA) is 75.3 Å². The number of halogens is 3. The van der Waals surface area contributed by atoms with Gasteiger partial charge in [0.15, 0.2) is 0 Å². The van der Waals surface area contributed by atoms with Crippen LogP contribution in [0, 0.1) is 0 Å². The van der Waals surface area contributed by atoms with E-state index in [1.807, 2.05) is 0 Å². The van der Waals surface area contributed by atoms with Crippen LogP contribution in [0.4, 0.5) is 17.1 Å². The molecule has 0 aliphatic carbocycles. The second-order valence-electron chi connectivity index (χ2n) is 3.98. The fraction of sp³-hybridized carbons (Fsp3) is 0. The van der Waals surface area contributed by atoms with Crippen LogP contribution in [0.15, 0.2) is 30.3 Å². The smallest absolute Gasteiger partial charge is 0.337 e. The lowest BCUT2D eigenvalue weighted by atomic mass is 10.1. The van der Waals surface area contributed by atoms with Crippen LogP contribution in [0.2, 0.25) is 15.1 Å². The maximum absolute atomic E-state index is 10.9. The lowest BCUT2D eigenvalue weighted by Gasteiger charge is -2.11. The number of benzene rings is 2. The predicted molar refractivity (Wildman–Crippen MR) is 82.6 cm³/mol. The molecule has 4 N–H and O–H groups in total. The Balaban J connectivity index is 2.33. The average molecular weight is 332 g/mol. The van der Waals surface area contributed by atoms with Crippen LogP contribution in [-0.2, 0) is 0 Å². The molecule has 7 heteroatoms. The number of carbonyl (C=O) groups is 1. The second-order valence-corrected chi connectivity index (χ2v) is 5.20. The van der Waals surface area contributed by atoms with E-state index in [9.17, 15) is 4.79 Å². The van der Waals surface area contributed by atoms with Crippen LogP contribution in [-0.4, -0.2) is 11.1 Å². The Labute approximate surface area is 130 Å². The summed E-state index contributed by atoms with van der Waals surface area (Å²) in [5.41, 5.74) is 6.99. The zero-order chi connectivity index (χ0) is 14.9. The molecule has 0 aliphatic rings. The van der Waals surface area contributed by atoms with Gasteiger partial charge in [-0.15, -0.1) is 0 Å². The summed E-state index contributed by atoms with van der Waals surface area (Å²) >= 11 is 17.8. The van der Waals surface area contributed by atoms with E-state index in [2.05, 4.69) is 5.32 Å². The maximum atomic E-state index is 10.9. The third kappa shape index (κ3) is 3.10. The SMILES string of the molecule is Nc1cc(Nc2cc(Cl)c(Cl)cc2Cl)ccc1C(=O)O. The van der Waals surface area contributed by atoms with Crippen molar-refractivity contribution < 1.29 is 9.90 Å². The number of aromatic carboxylic acids is 1. The number of nitrogens with one attached hydrogen (secondary N) is 1. The minimum absolute atomic E-state index is 0.0378. The molecule has 0 bridgehead atoms. The first-order valence-corrected chi connectivity index (χ1v) is 6.56. The quantitative estimate of drug-likeness (QED) is 0.564. The van der Waals surface area contributed by atoms with Crippen LogP contribution in [0.25, 0.3) is 0 Å². The van der Waals surface area contributed by atoms with Crippen LogP contribution in [0.3, 0.4) is 0 Å². The summed E-state index contributed by atoms with van der Waals surface area (Å²) in [7, 11) is 0. The molecule has 2 rings (SSSR count). The first-order valence-electron chi connectivity index (χ1n) is 5.43. The highest BCUT2D eigenvalue weighted by Crippen LogP contribution is 2.34. The predicted octanol–water partition coefficient (Wildman–Crippen LogP) is 4.67. The molecular weight excluding hydrogens is 323 g/mol. The van der Waals surface area contributed by atoms with E-state index < -0.39 is 5.97 Å². The van der Waals surface area contributed by atoms with Gasteiger partial charge in [0.2, 0.25) is 0 Å². The normalized spacial score (nSPS) is 10.3. The van der Waals surface area contributed by atoms with E-state index in [0.717, 1.165) is 0 Å². The summed E-state index contributed by atoms with van der Waals surface area (Å²) in [6, 6.07) is 7.59. The van der Waals surface area contributed by atoms with Gasteiger partial charge in [0.1, 0.15) is 0 Å². The van der Waals surface area contributed by atoms with Gasteiger partial charge in [-0.1, -0.05) is 34.8 Å². The van der Waals surface area contributed by atoms with Crippen molar-refractivity contribution in [2.45, 2.75) is 0 Å². The molecule has 0 aliphatic heterocycles. The Kier molecular flexibility index (Phi) is 4.28. The molecule has 0 aromatic heterocycles. The molecule has 2 aromatic rings. The third-order valence-electron chi connectivity index (χ3n) is 2.57. The molecule has 0 radical (unpaired) electrons. The zero-order valence-corrected chi connectivity index (χ0v) is 12.2. The molecule has 2 aromatic carbocycles. The van der Waals surface area contributed by atoms with Crippen molar-refractivity contribution in [2.24, 2.45) is 0 Å². The molecule has 104 valence electrons. The lowest BCUT2D eigenvalue weighted by molar-refractivity contribution is 0.0698. The fourth-order valence-corrected chi connectivity index (χ4v) is 2.20. The standard InChI is InChI=1S/C13H9Cl3N2O2/c14-8-4-10(16)12(5-9(8)15)18-6-1-2-7(13(19)20)11(17)3-6/h1-5,18H,17H2,(H,19,20). The van der Waals surface area contributed by atoms with Gasteiger partial charge in [0.25, 0.3) is 0 Å². The Hall–Kier alpha value is -1.62. The minimum Gasteiger partial charge on any atom is -0.478 e. The summed E-state index contributed by atoms with van der Waals surface area (Å²) < 4.78 is 0. The monoisotopic (exact) mass is 330 g/mol. The van der Waals surface area contributed by atoms with E-state index in [0.29, 0.717) is 26.4 Å². The Bertz CT molecular complexity index is 690. The number of nitrogen functional groups attached to an aromatic ring is 1. The van der Waals surface area contributed by atoms with Crippen LogP contribution < -0.4 is 11.1 Å². The van der Waals surface area contributed by atoms with Crippen molar-refractivity contribution in [1.29, 1.82) is 0 Å². The van der Waals surface area contributed by atoms with Gasteiger partial charge in [0, 0.05) is 11.4 Å². The molecule has 0 spiro atoms. The highest BCUT2D eigenvalue weighted by molar-refractivity contribution is 6.44. The Morgan fingerprint density at radius 2 is 1.70 bits per heavy atom. The van der Waals surface area contributed by atoms with Gasteiger partial charge in [0.05, 0.1) is 26.3 Å². The van der Waals surface area contributed by atoms with Crippen LogP contribution in [0.5, 0.6) is 0 Å². The van der Waals surface area contributed by atoms with E-state index in [-0.39, 0.29) is 11.3 Å². The molecule has 0 saturated heterocycles. The molecule has 20 heavy (non-hydrogen) atoms. The summed E-state index contributed by atoms with van der Waals surface area (Å²) in [5, 5.41) is 13.0. The third-order valence-corrected chi connectivity index (χ3v) is 3.61. The molecule has 0 atom stereocenters. The van der Waals surface area contributed by atoms with Gasteiger partial charge in [-0.3, -0.25) is 0 Å². The Morgan fingerprint density at radius 1 is 1.05 bits per heavy atom. The second kappa shape index (κ2) is 5.79. The van der Waals surface area contributed by atoms with E-state index in [4.69, 9.17) is 45.6 Å². The highest BCUT2D eigenvalue weighted by Gasteiger charge is 2.10. The summed E-state index contributed by atoms with van der Waals surface area (Å²) in [6.45, 7) is 0. The molecule has 4 nitrogen and oxygen atoms in total. The van der Waals surface area contributed by atoms with Gasteiger partial charge in [-0.25, -0.2) is 4.79 Å². The largest absolute Gasteiger partial charge is 0.478 e. The minimum atomic E-state index is -1.08. The molecule has 0 unspecified atom stereocenters. The lowest BCUT2D eigenvalue weighted by Crippen LogP contribution is -2.03. The van der Waals surface area contributed by atoms with Crippen LogP contribution >= 0.6 is 34.8 Å². The van der Waals surface area contributed by atoms with Gasteiger partial charge >= 0.3 is 5.97 Å². The van der Waals surface area contributed by atoms with E-state index in [1.165, 1.54) is 18.2 Å². The van der Waals surface area contributed by atoms with Gasteiger partial charge in [-0.2, -0.15) is 0 Å². The van der Waals surface area contributed by atoms with Crippen LogP contribution in [0.1, 0.15) is 10.4 Å². The number of anilines is 3. The first kappa shape index (κ1) is 14.8. The zero-order valence-electron chi connectivity index (χ0n) is 9.95. The number of hydrogen-bond acceptors (Lipinski definition) is 3. The summed E-state index contributed by atoms with van der Waals surface area (Å²) in [6.07, 6.45) is 0. The number of rotatable bonds is 3. The van der Waals surface area contributed by atoms with E-state index in [1.54, 1.807) is 12.1 Å². The maximum Gasteiger partial charge on any atom is 0.337 e. The fourth-order valence-electron chi connectivity index (χ4n) is 1.61. The van der Waals surface area contributed by atoms with Crippen molar-refractivity contribution in [1.82, 2.24) is 0 Å². The number of carboxylic acid groups (broad SMARTS) is 1. The molecule has 0 amide bonds. The number of carboxylic acids is 1. The van der Waals surface area contributed by atoms with Gasteiger partial charge in [-0.05, 0) is 30.3 Å². The van der Waals surface area contributed by atoms with Crippen molar-refractivity contribution >= 4 is 57.8 Å². The summed E-state index contributed by atoms with van der Waals surface area (Å²) in [5.74, 6) is -1.08. The molecule has 0 fully saturated rings. The van der Waals surface area contributed by atoms with Crippen molar-refractivity contribution in [2.75, 3.05) is 11.1 Å². The summed E-state index contributed by atoms with van der Waals surface area (Å²) in [4.78, 5) is 10.9. The Morgan fingerprint density at radius 3 is 2.30 bits per heavy atom. The highest BCUT2D eigenvalue weighted by atomic mass is 35.5. The van der Waals surface area contributed by atoms with Crippen molar-refractivity contribution in [3.05, 3.63) is 51.0 Å². The van der Waals surface area contributed by atoms with Crippen molar-refractivity contribution in [3.63, 3.8) is 0 Å². The van der Waals surface area contributed by atoms with Crippen molar-refractivity contribution in [3.8, 4) is 0 Å². The van der Waals surface area contributed by atoms with Gasteiger partial charge < -0.3 is 16.2 Å². The number of nitrogens with two attached hydrogens (primary N) is 1. The molecule has 0 saturated carbocycles.